The van der Waals surface area contributed by atoms with Crippen LogP contribution in [-0.4, -0.2) is 9.78 Å². The van der Waals surface area contributed by atoms with E-state index >= 15 is 0 Å². The van der Waals surface area contributed by atoms with E-state index in [1.54, 1.807) is 12.1 Å². The highest BCUT2D eigenvalue weighted by molar-refractivity contribution is 6.17. The standard InChI is InChI=1S/C14H16ClFN2O/c1-10(2)18-7-6-12(17-18)9-19-14-11(8-15)4-3-5-13(14)16/h3-7,10H,8-9H2,1-2H3. The maximum Gasteiger partial charge on any atom is 0.165 e. The first-order chi connectivity index (χ1) is 9.11. The summed E-state index contributed by atoms with van der Waals surface area (Å²) in [6, 6.07) is 6.88. The number of aromatic nitrogens is 2. The Hall–Kier alpha value is -1.55. The second kappa shape index (κ2) is 6.06. The molecule has 0 aliphatic rings. The van der Waals surface area contributed by atoms with E-state index in [1.165, 1.54) is 6.07 Å². The van der Waals surface area contributed by atoms with Crippen molar-refractivity contribution in [3.8, 4) is 5.75 Å². The number of halogens is 2. The molecule has 2 aromatic rings. The molecule has 0 amide bonds. The van der Waals surface area contributed by atoms with E-state index in [4.69, 9.17) is 16.3 Å². The van der Waals surface area contributed by atoms with Crippen LogP contribution in [0.4, 0.5) is 4.39 Å². The number of benzene rings is 1. The van der Waals surface area contributed by atoms with Crippen molar-refractivity contribution >= 4 is 11.6 Å². The largest absolute Gasteiger partial charge is 0.484 e. The van der Waals surface area contributed by atoms with Crippen LogP contribution in [0.3, 0.4) is 0 Å². The second-order valence-corrected chi connectivity index (χ2v) is 4.80. The number of alkyl halides is 1. The third-order valence-corrected chi connectivity index (χ3v) is 3.04. The summed E-state index contributed by atoms with van der Waals surface area (Å²) in [6.07, 6.45) is 1.88. The molecule has 0 saturated heterocycles. The lowest BCUT2D eigenvalue weighted by molar-refractivity contribution is 0.281. The van der Waals surface area contributed by atoms with Crippen LogP contribution in [0, 0.1) is 5.82 Å². The number of para-hydroxylation sites is 1. The number of hydrogen-bond acceptors (Lipinski definition) is 2. The van der Waals surface area contributed by atoms with Crippen molar-refractivity contribution < 1.29 is 9.13 Å². The summed E-state index contributed by atoms with van der Waals surface area (Å²) in [5, 5.41) is 4.35. The third-order valence-electron chi connectivity index (χ3n) is 2.75. The fraction of sp³-hybridized carbons (Fsp3) is 0.357. The van der Waals surface area contributed by atoms with Gasteiger partial charge in [0.25, 0.3) is 0 Å². The molecule has 0 radical (unpaired) electrons. The molecule has 0 bridgehead atoms. The predicted octanol–water partition coefficient (Wildman–Crippen LogP) is 3.92. The van der Waals surface area contributed by atoms with Gasteiger partial charge >= 0.3 is 0 Å². The molecule has 0 N–H and O–H groups in total. The Morgan fingerprint density at radius 1 is 1.37 bits per heavy atom. The van der Waals surface area contributed by atoms with Crippen LogP contribution in [0.1, 0.15) is 31.1 Å². The van der Waals surface area contributed by atoms with Gasteiger partial charge in [0, 0.05) is 17.8 Å². The van der Waals surface area contributed by atoms with Gasteiger partial charge in [0.05, 0.1) is 11.6 Å². The predicted molar refractivity (Wildman–Crippen MR) is 72.9 cm³/mol. The highest BCUT2D eigenvalue weighted by Gasteiger charge is 2.10. The summed E-state index contributed by atoms with van der Waals surface area (Å²) in [5.41, 5.74) is 1.41. The molecule has 3 nitrogen and oxygen atoms in total. The van der Waals surface area contributed by atoms with Gasteiger partial charge in [-0.3, -0.25) is 4.68 Å². The van der Waals surface area contributed by atoms with Crippen LogP contribution < -0.4 is 4.74 Å². The molecular weight excluding hydrogens is 267 g/mol. The lowest BCUT2D eigenvalue weighted by Crippen LogP contribution is -2.04. The minimum absolute atomic E-state index is 0.205. The van der Waals surface area contributed by atoms with E-state index in [0.29, 0.717) is 11.6 Å². The minimum Gasteiger partial charge on any atom is -0.484 e. The van der Waals surface area contributed by atoms with Crippen LogP contribution in [0.25, 0.3) is 0 Å². The van der Waals surface area contributed by atoms with Crippen molar-refractivity contribution in [2.45, 2.75) is 32.4 Å². The molecule has 0 saturated carbocycles. The minimum atomic E-state index is -0.401. The van der Waals surface area contributed by atoms with E-state index in [0.717, 1.165) is 5.69 Å². The fourth-order valence-corrected chi connectivity index (χ4v) is 1.92. The second-order valence-electron chi connectivity index (χ2n) is 4.53. The highest BCUT2D eigenvalue weighted by Crippen LogP contribution is 2.25. The molecule has 2 rings (SSSR count). The summed E-state index contributed by atoms with van der Waals surface area (Å²) < 4.78 is 21.0. The summed E-state index contributed by atoms with van der Waals surface area (Å²) in [4.78, 5) is 0. The van der Waals surface area contributed by atoms with E-state index in [9.17, 15) is 4.39 Å². The van der Waals surface area contributed by atoms with Crippen LogP contribution in [0.5, 0.6) is 5.75 Å². The summed E-state index contributed by atoms with van der Waals surface area (Å²) >= 11 is 5.77. The fourth-order valence-electron chi connectivity index (χ4n) is 1.71. The van der Waals surface area contributed by atoms with Crippen molar-refractivity contribution in [2.24, 2.45) is 0 Å². The zero-order valence-electron chi connectivity index (χ0n) is 10.9. The molecule has 1 heterocycles. The molecule has 5 heteroatoms. The number of rotatable bonds is 5. The van der Waals surface area contributed by atoms with E-state index in [-0.39, 0.29) is 18.2 Å². The lowest BCUT2D eigenvalue weighted by atomic mass is 10.2. The zero-order valence-corrected chi connectivity index (χ0v) is 11.7. The average Bonchev–Trinajstić information content (AvgIpc) is 2.86. The van der Waals surface area contributed by atoms with E-state index in [2.05, 4.69) is 5.10 Å². The van der Waals surface area contributed by atoms with Crippen LogP contribution >= 0.6 is 11.6 Å². The average molecular weight is 283 g/mol. The first-order valence-corrected chi connectivity index (χ1v) is 6.65. The maximum atomic E-state index is 13.7. The monoisotopic (exact) mass is 282 g/mol. The number of nitrogens with zero attached hydrogens (tertiary/aromatic N) is 2. The van der Waals surface area contributed by atoms with Gasteiger partial charge in [-0.1, -0.05) is 12.1 Å². The van der Waals surface area contributed by atoms with Gasteiger partial charge in [-0.2, -0.15) is 5.10 Å². The van der Waals surface area contributed by atoms with Gasteiger partial charge in [-0.05, 0) is 26.0 Å². The SMILES string of the molecule is CC(C)n1ccc(COc2c(F)cccc2CCl)n1. The smallest absolute Gasteiger partial charge is 0.165 e. The van der Waals surface area contributed by atoms with Gasteiger partial charge in [-0.15, -0.1) is 11.6 Å². The molecule has 1 aromatic carbocycles. The molecular formula is C14H16ClFN2O. The molecule has 0 spiro atoms. The van der Waals surface area contributed by atoms with Crippen molar-refractivity contribution in [1.29, 1.82) is 0 Å². The van der Waals surface area contributed by atoms with E-state index < -0.39 is 5.82 Å². The van der Waals surface area contributed by atoms with Crippen LogP contribution in [0.15, 0.2) is 30.5 Å². The van der Waals surface area contributed by atoms with Crippen molar-refractivity contribution in [1.82, 2.24) is 9.78 Å². The van der Waals surface area contributed by atoms with E-state index in [1.807, 2.05) is 30.8 Å². The lowest BCUT2D eigenvalue weighted by Gasteiger charge is -2.09. The summed E-state index contributed by atoms with van der Waals surface area (Å²) in [6.45, 7) is 4.31. The Bertz CT molecular complexity index is 554. The molecule has 102 valence electrons. The Balaban J connectivity index is 2.09. The molecule has 0 atom stereocenters. The Morgan fingerprint density at radius 3 is 2.79 bits per heavy atom. The van der Waals surface area contributed by atoms with Crippen LogP contribution in [-0.2, 0) is 12.5 Å². The van der Waals surface area contributed by atoms with Gasteiger partial charge in [0.15, 0.2) is 11.6 Å². The molecule has 0 fully saturated rings. The Kier molecular flexibility index (Phi) is 4.43. The van der Waals surface area contributed by atoms with Gasteiger partial charge in [0.1, 0.15) is 6.61 Å². The van der Waals surface area contributed by atoms with Crippen molar-refractivity contribution in [2.75, 3.05) is 0 Å². The van der Waals surface area contributed by atoms with Crippen molar-refractivity contribution in [3.63, 3.8) is 0 Å². The Morgan fingerprint density at radius 2 is 2.16 bits per heavy atom. The number of ether oxygens (including phenoxy) is 1. The first-order valence-electron chi connectivity index (χ1n) is 6.12. The maximum absolute atomic E-state index is 13.7. The van der Waals surface area contributed by atoms with Crippen LogP contribution in [0.2, 0.25) is 0 Å². The molecule has 0 aliphatic carbocycles. The zero-order chi connectivity index (χ0) is 13.8. The van der Waals surface area contributed by atoms with Gasteiger partial charge < -0.3 is 4.74 Å². The summed E-state index contributed by atoms with van der Waals surface area (Å²) in [7, 11) is 0. The molecule has 0 unspecified atom stereocenters. The van der Waals surface area contributed by atoms with Gasteiger partial charge in [0.2, 0.25) is 0 Å². The molecule has 19 heavy (non-hydrogen) atoms. The van der Waals surface area contributed by atoms with Crippen molar-refractivity contribution in [3.05, 3.63) is 47.5 Å². The first kappa shape index (κ1) is 13.9. The quantitative estimate of drug-likeness (QED) is 0.777. The normalized spacial score (nSPS) is 11.0. The Labute approximate surface area is 117 Å². The summed E-state index contributed by atoms with van der Waals surface area (Å²) in [5.74, 6) is 0.0195. The molecule has 0 aliphatic heterocycles. The van der Waals surface area contributed by atoms with Gasteiger partial charge in [-0.25, -0.2) is 4.39 Å². The third kappa shape index (κ3) is 3.26. The molecule has 1 aromatic heterocycles. The number of hydrogen-bond donors (Lipinski definition) is 0. The topological polar surface area (TPSA) is 27.1 Å². The highest BCUT2D eigenvalue weighted by atomic mass is 35.5.